The fraction of sp³-hybridized carbons (Fsp3) is 0.286. The Morgan fingerprint density at radius 3 is 2.10 bits per heavy atom. The number of benzene rings is 1. The highest BCUT2D eigenvalue weighted by Crippen LogP contribution is 2.08. The lowest BCUT2D eigenvalue weighted by Crippen LogP contribution is -2.40. The van der Waals surface area contributed by atoms with Crippen LogP contribution in [-0.2, 0) is 32.3 Å². The van der Waals surface area contributed by atoms with Gasteiger partial charge in [-0.15, -0.1) is 0 Å². The molecule has 1 rings (SSSR count). The summed E-state index contributed by atoms with van der Waals surface area (Å²) in [5, 5.41) is 26.7. The summed E-state index contributed by atoms with van der Waals surface area (Å²) in [6, 6.07) is 6.90. The van der Waals surface area contributed by atoms with Gasteiger partial charge in [0.05, 0.1) is 6.26 Å². The molecule has 0 saturated heterocycles. The molecule has 0 heterocycles. The highest BCUT2D eigenvalue weighted by Gasteiger charge is 2.31. The van der Waals surface area contributed by atoms with Crippen molar-refractivity contribution in [3.05, 3.63) is 48.2 Å². The Hall–Kier alpha value is -2.38. The molecule has 0 aliphatic carbocycles. The van der Waals surface area contributed by atoms with Crippen LogP contribution >= 0.6 is 0 Å². The number of carboxylic acid groups (broad SMARTS) is 1. The van der Waals surface area contributed by atoms with E-state index in [2.05, 4.69) is 6.58 Å². The van der Waals surface area contributed by atoms with Crippen LogP contribution in [0.5, 0.6) is 0 Å². The van der Waals surface area contributed by atoms with Gasteiger partial charge in [-0.3, -0.25) is 0 Å². The minimum absolute atomic E-state index is 0.148. The van der Waals surface area contributed by atoms with Crippen LogP contribution in [0, 0.1) is 0 Å². The second-order valence-corrected chi connectivity index (χ2v) is 4.13. The molecule has 1 aromatic carbocycles. The zero-order valence-electron chi connectivity index (χ0n) is 11.1. The van der Waals surface area contributed by atoms with Gasteiger partial charge in [0, 0.05) is 0 Å². The van der Waals surface area contributed by atoms with Crippen molar-refractivity contribution in [2.75, 3.05) is 0 Å². The minimum Gasteiger partial charge on any atom is -0.497 e. The lowest BCUT2D eigenvalue weighted by molar-refractivity contribution is -0.170. The number of esters is 1. The third-order valence-corrected chi connectivity index (χ3v) is 2.57. The van der Waals surface area contributed by atoms with Gasteiger partial charge in [-0.2, -0.15) is 0 Å². The topological polar surface area (TPSA) is 113 Å². The van der Waals surface area contributed by atoms with Crippen LogP contribution in [0.15, 0.2) is 37.1 Å². The summed E-state index contributed by atoms with van der Waals surface area (Å²) in [7, 11) is 0. The highest BCUT2D eigenvalue weighted by atomic mass is 16.5. The van der Waals surface area contributed by atoms with Crippen LogP contribution in [0.1, 0.15) is 11.1 Å². The summed E-state index contributed by atoms with van der Waals surface area (Å²) in [6.45, 7) is 3.64. The fourth-order valence-corrected chi connectivity index (χ4v) is 1.39. The molecule has 2 unspecified atom stereocenters. The molecule has 7 nitrogen and oxygen atoms in total. The molecule has 0 aliphatic rings. The van der Waals surface area contributed by atoms with Crippen LogP contribution in [0.2, 0.25) is 0 Å². The Balaban J connectivity index is 2.49. The number of ether oxygens (including phenoxy) is 2. The van der Waals surface area contributed by atoms with Crippen LogP contribution in [0.4, 0.5) is 0 Å². The Bertz CT molecular complexity index is 495. The van der Waals surface area contributed by atoms with Gasteiger partial charge in [0.15, 0.2) is 12.2 Å². The van der Waals surface area contributed by atoms with Crippen molar-refractivity contribution < 1.29 is 34.4 Å². The molecule has 0 bridgehead atoms. The van der Waals surface area contributed by atoms with Gasteiger partial charge < -0.3 is 24.8 Å². The van der Waals surface area contributed by atoms with Gasteiger partial charge in [-0.1, -0.05) is 30.8 Å². The van der Waals surface area contributed by atoms with Crippen molar-refractivity contribution in [3.63, 3.8) is 0 Å². The fourth-order valence-electron chi connectivity index (χ4n) is 1.39. The first kappa shape index (κ1) is 16.7. The van der Waals surface area contributed by atoms with Gasteiger partial charge in [0.25, 0.3) is 0 Å². The van der Waals surface area contributed by atoms with E-state index in [0.717, 1.165) is 5.56 Å². The summed E-state index contributed by atoms with van der Waals surface area (Å²) in [6.07, 6.45) is -3.01. The van der Waals surface area contributed by atoms with E-state index in [1.165, 1.54) is 6.26 Å². The van der Waals surface area contributed by atoms with Gasteiger partial charge in [0.1, 0.15) is 13.2 Å². The van der Waals surface area contributed by atoms with Crippen LogP contribution in [-0.4, -0.2) is 39.5 Å². The van der Waals surface area contributed by atoms with Crippen molar-refractivity contribution in [2.45, 2.75) is 25.4 Å². The summed E-state index contributed by atoms with van der Waals surface area (Å²) >= 11 is 0. The van der Waals surface area contributed by atoms with Crippen LogP contribution in [0.25, 0.3) is 0 Å². The van der Waals surface area contributed by atoms with Crippen molar-refractivity contribution in [3.8, 4) is 0 Å². The molecule has 3 N–H and O–H groups in total. The van der Waals surface area contributed by atoms with Gasteiger partial charge in [-0.05, 0) is 11.1 Å². The normalized spacial score (nSPS) is 13.0. The molecule has 1 aromatic rings. The largest absolute Gasteiger partial charge is 0.497 e. The maximum Gasteiger partial charge on any atom is 0.338 e. The van der Waals surface area contributed by atoms with Gasteiger partial charge in [0.2, 0.25) is 0 Å². The third-order valence-electron chi connectivity index (χ3n) is 2.57. The molecule has 114 valence electrons. The van der Waals surface area contributed by atoms with Gasteiger partial charge in [-0.25, -0.2) is 9.59 Å². The van der Waals surface area contributed by atoms with Crippen LogP contribution < -0.4 is 0 Å². The van der Waals surface area contributed by atoms with E-state index in [0.29, 0.717) is 12.2 Å². The summed E-state index contributed by atoms with van der Waals surface area (Å²) in [5.41, 5.74) is 1.54. The Labute approximate surface area is 121 Å². The van der Waals surface area contributed by atoms with E-state index in [1.807, 2.05) is 0 Å². The molecule has 21 heavy (non-hydrogen) atoms. The van der Waals surface area contributed by atoms with E-state index in [1.54, 1.807) is 24.3 Å². The SMILES string of the molecule is C=COCc1ccc(COC(=O)C(O)C(O)C(=O)O)cc1. The monoisotopic (exact) mass is 296 g/mol. The molecular formula is C14H16O7. The van der Waals surface area contributed by atoms with E-state index in [4.69, 9.17) is 19.7 Å². The second-order valence-electron chi connectivity index (χ2n) is 4.13. The van der Waals surface area contributed by atoms with Crippen LogP contribution in [0.3, 0.4) is 0 Å². The molecular weight excluding hydrogens is 280 g/mol. The Morgan fingerprint density at radius 2 is 1.62 bits per heavy atom. The third kappa shape index (κ3) is 5.25. The summed E-state index contributed by atoms with van der Waals surface area (Å²) in [5.74, 6) is -2.91. The first-order chi connectivity index (χ1) is 9.95. The molecule has 7 heteroatoms. The average molecular weight is 296 g/mol. The number of aliphatic hydroxyl groups excluding tert-OH is 2. The van der Waals surface area contributed by atoms with Crippen molar-refractivity contribution in [1.29, 1.82) is 0 Å². The molecule has 0 saturated carbocycles. The number of carbonyl (C=O) groups is 2. The van der Waals surface area contributed by atoms with E-state index in [-0.39, 0.29) is 6.61 Å². The second kappa shape index (κ2) is 8.03. The highest BCUT2D eigenvalue weighted by molar-refractivity contribution is 5.84. The Kier molecular flexibility index (Phi) is 6.38. The minimum atomic E-state index is -2.21. The molecule has 0 aromatic heterocycles. The van der Waals surface area contributed by atoms with Crippen molar-refractivity contribution >= 4 is 11.9 Å². The maximum atomic E-state index is 11.3. The van der Waals surface area contributed by atoms with Gasteiger partial charge >= 0.3 is 11.9 Å². The van der Waals surface area contributed by atoms with E-state index >= 15 is 0 Å². The predicted molar refractivity (Wildman–Crippen MR) is 70.9 cm³/mol. The number of carbonyl (C=O) groups excluding carboxylic acids is 1. The van der Waals surface area contributed by atoms with E-state index in [9.17, 15) is 14.7 Å². The number of hydrogen-bond acceptors (Lipinski definition) is 6. The number of aliphatic carboxylic acids is 1. The first-order valence-electron chi connectivity index (χ1n) is 6.01. The predicted octanol–water partition coefficient (Wildman–Crippen LogP) is 0.196. The van der Waals surface area contributed by atoms with Crippen molar-refractivity contribution in [2.24, 2.45) is 0 Å². The smallest absolute Gasteiger partial charge is 0.338 e. The lowest BCUT2D eigenvalue weighted by atomic mass is 10.1. The summed E-state index contributed by atoms with van der Waals surface area (Å²) < 4.78 is 9.72. The summed E-state index contributed by atoms with van der Waals surface area (Å²) in [4.78, 5) is 21.8. The lowest BCUT2D eigenvalue weighted by Gasteiger charge is -2.13. The molecule has 0 aliphatic heterocycles. The number of rotatable bonds is 8. The molecule has 0 radical (unpaired) electrons. The number of aliphatic hydroxyl groups is 2. The molecule has 0 fully saturated rings. The average Bonchev–Trinajstić information content (AvgIpc) is 2.49. The molecule has 2 atom stereocenters. The quantitative estimate of drug-likeness (QED) is 0.463. The zero-order chi connectivity index (χ0) is 15.8. The maximum absolute atomic E-state index is 11.3. The number of carboxylic acids is 1. The standard InChI is InChI=1S/C14H16O7/c1-2-20-7-9-3-5-10(6-4-9)8-21-14(19)12(16)11(15)13(17)18/h2-6,11-12,15-16H,1,7-8H2,(H,17,18). The number of hydrogen-bond donors (Lipinski definition) is 3. The Morgan fingerprint density at radius 1 is 1.10 bits per heavy atom. The first-order valence-corrected chi connectivity index (χ1v) is 6.01. The molecule has 0 amide bonds. The van der Waals surface area contributed by atoms with Crippen molar-refractivity contribution in [1.82, 2.24) is 0 Å². The zero-order valence-corrected chi connectivity index (χ0v) is 11.1. The molecule has 0 spiro atoms. The van der Waals surface area contributed by atoms with E-state index < -0.39 is 24.1 Å².